The molecule has 1 aliphatic heterocycles. The Balaban J connectivity index is 1.40. The minimum Gasteiger partial charge on any atom is -0.354 e. The number of hydrogen-bond acceptors (Lipinski definition) is 3. The van der Waals surface area contributed by atoms with E-state index in [0.717, 1.165) is 35.1 Å². The van der Waals surface area contributed by atoms with Gasteiger partial charge in [0.25, 0.3) is 0 Å². The van der Waals surface area contributed by atoms with Crippen LogP contribution in [0.2, 0.25) is 5.02 Å². The van der Waals surface area contributed by atoms with Gasteiger partial charge in [0.2, 0.25) is 5.91 Å². The lowest BCUT2D eigenvalue weighted by atomic mass is 9.97. The molecule has 1 fully saturated rings. The van der Waals surface area contributed by atoms with Gasteiger partial charge in [0.15, 0.2) is 0 Å². The zero-order valence-electron chi connectivity index (χ0n) is 18.4. The van der Waals surface area contributed by atoms with E-state index in [2.05, 4.69) is 24.1 Å². The van der Waals surface area contributed by atoms with Gasteiger partial charge in [-0.15, -0.1) is 0 Å². The highest BCUT2D eigenvalue weighted by atomic mass is 35.5. The van der Waals surface area contributed by atoms with Gasteiger partial charge in [0, 0.05) is 41.1 Å². The van der Waals surface area contributed by atoms with Gasteiger partial charge in [-0.2, -0.15) is 5.10 Å². The summed E-state index contributed by atoms with van der Waals surface area (Å²) >= 11 is 6.24. The number of fused-ring (bicyclic) bond motifs is 1. The van der Waals surface area contributed by atoms with E-state index in [1.54, 1.807) is 4.68 Å². The van der Waals surface area contributed by atoms with Crippen LogP contribution in [-0.4, -0.2) is 45.8 Å². The number of halogens is 1. The number of carbonyl (C=O) groups is 1. The summed E-state index contributed by atoms with van der Waals surface area (Å²) in [5.74, 6) is -0.0151. The Labute approximate surface area is 189 Å². The van der Waals surface area contributed by atoms with E-state index in [1.807, 2.05) is 48.5 Å². The Morgan fingerprint density at radius 1 is 1.13 bits per heavy atom. The van der Waals surface area contributed by atoms with Crippen molar-refractivity contribution in [2.45, 2.75) is 58.2 Å². The lowest BCUT2D eigenvalue weighted by Gasteiger charge is -2.39. The molecule has 1 N–H and O–H groups in total. The molecule has 1 aliphatic rings. The van der Waals surface area contributed by atoms with Crippen molar-refractivity contribution in [1.82, 2.24) is 20.0 Å². The predicted molar refractivity (Wildman–Crippen MR) is 127 cm³/mol. The number of rotatable bonds is 7. The first-order valence-corrected chi connectivity index (χ1v) is 11.6. The molecule has 2 atom stereocenters. The van der Waals surface area contributed by atoms with Crippen LogP contribution in [-0.2, 0) is 11.3 Å². The minimum absolute atomic E-state index is 0.0151. The Morgan fingerprint density at radius 3 is 2.61 bits per heavy atom. The molecule has 0 bridgehead atoms. The number of nitrogens with zero attached hydrogens (tertiary/aromatic N) is 3. The molecule has 3 aromatic rings. The summed E-state index contributed by atoms with van der Waals surface area (Å²) in [5.41, 5.74) is 2.77. The maximum atomic E-state index is 12.6. The van der Waals surface area contributed by atoms with Crippen LogP contribution in [0.25, 0.3) is 22.2 Å². The Kier molecular flexibility index (Phi) is 6.93. The van der Waals surface area contributed by atoms with Gasteiger partial charge < -0.3 is 5.32 Å². The van der Waals surface area contributed by atoms with Gasteiger partial charge in [-0.3, -0.25) is 14.4 Å². The number of nitrogens with one attached hydrogen (secondary N) is 1. The van der Waals surface area contributed by atoms with Crippen molar-refractivity contribution in [3.8, 4) is 11.3 Å². The summed E-state index contributed by atoms with van der Waals surface area (Å²) in [4.78, 5) is 15.2. The van der Waals surface area contributed by atoms with Gasteiger partial charge in [-0.1, -0.05) is 48.4 Å². The highest BCUT2D eigenvalue weighted by Gasteiger charge is 2.23. The lowest BCUT2D eigenvalue weighted by molar-refractivity contribution is -0.121. The van der Waals surface area contributed by atoms with Crippen molar-refractivity contribution in [2.75, 3.05) is 13.1 Å². The molecule has 0 radical (unpaired) electrons. The Bertz CT molecular complexity index is 1020. The number of amides is 1. The number of hydrogen-bond donors (Lipinski definition) is 1. The van der Waals surface area contributed by atoms with Crippen molar-refractivity contribution < 1.29 is 4.79 Å². The van der Waals surface area contributed by atoms with Crippen LogP contribution < -0.4 is 5.32 Å². The highest BCUT2D eigenvalue weighted by molar-refractivity contribution is 6.31. The van der Waals surface area contributed by atoms with E-state index in [0.29, 0.717) is 23.7 Å². The molecular weight excluding hydrogens is 408 g/mol. The second-order valence-electron chi connectivity index (χ2n) is 8.60. The molecule has 4 rings (SSSR count). The summed E-state index contributed by atoms with van der Waals surface area (Å²) in [7, 11) is 0. The van der Waals surface area contributed by atoms with Crippen LogP contribution >= 0.6 is 11.6 Å². The number of carbonyl (C=O) groups excluding carboxylic acids is 1. The standard InChI is InChI=1S/C25H31ClN4O/c1-18-8-6-9-19(2)29(18)15-7-14-27-24(31)17-30-23-13-12-21(26)16-22(23)25(28-30)20-10-4-3-5-11-20/h3-5,10-13,16,18-19H,6-9,14-15,17H2,1-2H3,(H,27,31). The Hall–Kier alpha value is -2.37. The molecule has 0 spiro atoms. The fourth-order valence-electron chi connectivity index (χ4n) is 4.68. The monoisotopic (exact) mass is 438 g/mol. The Morgan fingerprint density at radius 2 is 1.87 bits per heavy atom. The average molecular weight is 439 g/mol. The van der Waals surface area contributed by atoms with Crippen molar-refractivity contribution in [1.29, 1.82) is 0 Å². The third kappa shape index (κ3) is 5.10. The molecule has 164 valence electrons. The van der Waals surface area contributed by atoms with Crippen LogP contribution in [0, 0.1) is 0 Å². The molecule has 2 unspecified atom stereocenters. The largest absolute Gasteiger partial charge is 0.354 e. The number of aromatic nitrogens is 2. The van der Waals surface area contributed by atoms with Gasteiger partial charge in [0.05, 0.1) is 5.52 Å². The molecule has 1 aromatic heterocycles. The molecule has 2 heterocycles. The second kappa shape index (κ2) is 9.84. The normalized spacial score (nSPS) is 19.6. The van der Waals surface area contributed by atoms with Crippen LogP contribution in [0.3, 0.4) is 0 Å². The fourth-order valence-corrected chi connectivity index (χ4v) is 4.85. The fraction of sp³-hybridized carbons (Fsp3) is 0.440. The van der Waals surface area contributed by atoms with Crippen molar-refractivity contribution in [2.24, 2.45) is 0 Å². The summed E-state index contributed by atoms with van der Waals surface area (Å²) < 4.78 is 1.78. The zero-order valence-corrected chi connectivity index (χ0v) is 19.1. The average Bonchev–Trinajstić information content (AvgIpc) is 3.10. The van der Waals surface area contributed by atoms with Crippen molar-refractivity contribution >= 4 is 28.4 Å². The molecule has 1 amide bonds. The zero-order chi connectivity index (χ0) is 21.8. The summed E-state index contributed by atoms with van der Waals surface area (Å²) in [6, 6.07) is 17.0. The molecule has 0 saturated carbocycles. The maximum Gasteiger partial charge on any atom is 0.241 e. The van der Waals surface area contributed by atoms with Gasteiger partial charge in [-0.25, -0.2) is 0 Å². The van der Waals surface area contributed by atoms with Crippen molar-refractivity contribution in [3.63, 3.8) is 0 Å². The minimum atomic E-state index is -0.0151. The van der Waals surface area contributed by atoms with Crippen LogP contribution in [0.4, 0.5) is 0 Å². The van der Waals surface area contributed by atoms with Gasteiger partial charge >= 0.3 is 0 Å². The third-order valence-corrected chi connectivity index (χ3v) is 6.58. The van der Waals surface area contributed by atoms with Gasteiger partial charge in [0.1, 0.15) is 12.2 Å². The van der Waals surface area contributed by atoms with E-state index in [9.17, 15) is 4.79 Å². The molecule has 2 aromatic carbocycles. The number of benzene rings is 2. The third-order valence-electron chi connectivity index (χ3n) is 6.34. The first-order chi connectivity index (χ1) is 15.0. The van der Waals surface area contributed by atoms with Gasteiger partial charge in [-0.05, 0) is 51.3 Å². The lowest BCUT2D eigenvalue weighted by Crippen LogP contribution is -2.44. The summed E-state index contributed by atoms with van der Waals surface area (Å²) in [5, 5.41) is 9.44. The molecular formula is C25H31ClN4O. The smallest absolute Gasteiger partial charge is 0.241 e. The SMILES string of the molecule is CC1CCCC(C)N1CCCNC(=O)Cn1nc(-c2ccccc2)c2cc(Cl)ccc21. The van der Waals surface area contributed by atoms with Crippen LogP contribution in [0.5, 0.6) is 0 Å². The number of piperidine rings is 1. The molecule has 0 aliphatic carbocycles. The van der Waals surface area contributed by atoms with Crippen LogP contribution in [0.15, 0.2) is 48.5 Å². The van der Waals surface area contributed by atoms with E-state index in [4.69, 9.17) is 16.7 Å². The van der Waals surface area contributed by atoms with E-state index in [1.165, 1.54) is 19.3 Å². The summed E-state index contributed by atoms with van der Waals surface area (Å²) in [6.45, 7) is 6.54. The topological polar surface area (TPSA) is 50.2 Å². The highest BCUT2D eigenvalue weighted by Crippen LogP contribution is 2.30. The predicted octanol–water partition coefficient (Wildman–Crippen LogP) is 5.13. The first-order valence-electron chi connectivity index (χ1n) is 11.3. The van der Waals surface area contributed by atoms with E-state index in [-0.39, 0.29) is 12.5 Å². The molecule has 31 heavy (non-hydrogen) atoms. The molecule has 5 nitrogen and oxygen atoms in total. The van der Waals surface area contributed by atoms with Crippen LogP contribution in [0.1, 0.15) is 39.5 Å². The van der Waals surface area contributed by atoms with E-state index >= 15 is 0 Å². The number of likely N-dealkylation sites (tertiary alicyclic amines) is 1. The second-order valence-corrected chi connectivity index (χ2v) is 9.04. The first kappa shape index (κ1) is 21.8. The van der Waals surface area contributed by atoms with E-state index < -0.39 is 0 Å². The molecule has 1 saturated heterocycles. The maximum absolute atomic E-state index is 12.6. The quantitative estimate of drug-likeness (QED) is 0.520. The van der Waals surface area contributed by atoms with Crippen molar-refractivity contribution in [3.05, 3.63) is 53.6 Å². The molecule has 6 heteroatoms. The summed E-state index contributed by atoms with van der Waals surface area (Å²) in [6.07, 6.45) is 4.84.